The molecule has 47 heavy (non-hydrogen) atoms. The van der Waals surface area contributed by atoms with E-state index in [-0.39, 0.29) is 30.0 Å². The van der Waals surface area contributed by atoms with Gasteiger partial charge in [0, 0.05) is 13.1 Å². The van der Waals surface area contributed by atoms with E-state index in [9.17, 15) is 14.4 Å². The molecule has 2 aromatic heterocycles. The summed E-state index contributed by atoms with van der Waals surface area (Å²) in [6.45, 7) is 6.50. The number of amides is 2. The number of aromatic amines is 1. The Morgan fingerprint density at radius 3 is 2.49 bits per heavy atom. The lowest BCUT2D eigenvalue weighted by atomic mass is 9.93. The Morgan fingerprint density at radius 1 is 1.09 bits per heavy atom. The van der Waals surface area contributed by atoms with Crippen molar-refractivity contribution in [3.63, 3.8) is 0 Å². The predicted molar refractivity (Wildman–Crippen MR) is 179 cm³/mol. The average Bonchev–Trinajstić information content (AvgIpc) is 3.37. The van der Waals surface area contributed by atoms with Gasteiger partial charge in [0.1, 0.15) is 18.2 Å². The van der Waals surface area contributed by atoms with Gasteiger partial charge < -0.3 is 31.8 Å². The van der Waals surface area contributed by atoms with Crippen LogP contribution in [0.15, 0.2) is 29.1 Å². The molecule has 1 unspecified atom stereocenters. The van der Waals surface area contributed by atoms with Crippen LogP contribution in [0.2, 0.25) is 0 Å². The molecule has 1 saturated heterocycles. The van der Waals surface area contributed by atoms with Crippen LogP contribution in [-0.2, 0) is 27.5 Å². The maximum Gasteiger partial charge on any atom is 0.328 e. The first-order valence-electron chi connectivity index (χ1n) is 16.6. The van der Waals surface area contributed by atoms with Gasteiger partial charge in [-0.05, 0) is 81.6 Å². The molecule has 0 saturated carbocycles. The Kier molecular flexibility index (Phi) is 14.0. The molecule has 1 fully saturated rings. The number of carbonyl (C=O) groups excluding carboxylic acids is 2. The number of hydrogen-bond donors (Lipinski definition) is 6. The molecule has 15 nitrogen and oxygen atoms in total. The number of unbranched alkanes of at least 4 members (excludes halogenated alkanes) is 2. The Hall–Kier alpha value is -4.05. The van der Waals surface area contributed by atoms with E-state index in [4.69, 9.17) is 22.1 Å². The molecule has 15 heteroatoms. The van der Waals surface area contributed by atoms with E-state index in [1.54, 1.807) is 4.57 Å². The average molecular weight is 655 g/mol. The molecule has 1 aliphatic heterocycles. The molecule has 4 rings (SSSR count). The highest BCUT2D eigenvalue weighted by Gasteiger charge is 2.23. The van der Waals surface area contributed by atoms with Gasteiger partial charge in [0.25, 0.3) is 0 Å². The Balaban J connectivity index is 1.23. The first-order chi connectivity index (χ1) is 22.8. The number of anilines is 1. The number of fused-ring (bicyclic) bond motifs is 1. The largest absolute Gasteiger partial charge is 0.463 e. The highest BCUT2D eigenvalue weighted by atomic mass is 16.6. The predicted octanol–water partition coefficient (Wildman–Crippen LogP) is 1.15. The van der Waals surface area contributed by atoms with Crippen LogP contribution < -0.4 is 38.4 Å². The molecule has 0 aliphatic carbocycles. The van der Waals surface area contributed by atoms with Gasteiger partial charge in [-0.15, -0.1) is 0 Å². The van der Waals surface area contributed by atoms with Gasteiger partial charge in [-0.2, -0.15) is 9.97 Å². The van der Waals surface area contributed by atoms with Gasteiger partial charge in [0.2, 0.25) is 11.8 Å². The summed E-state index contributed by atoms with van der Waals surface area (Å²) in [5.74, 6) is 5.08. The molecule has 1 aromatic carbocycles. The number of carbonyl (C=O) groups is 2. The van der Waals surface area contributed by atoms with Crippen LogP contribution in [0.4, 0.5) is 5.82 Å². The zero-order valence-electron chi connectivity index (χ0n) is 27.3. The first-order valence-corrected chi connectivity index (χ1v) is 16.6. The minimum absolute atomic E-state index is 0.169. The van der Waals surface area contributed by atoms with E-state index in [0.717, 1.165) is 70.1 Å². The summed E-state index contributed by atoms with van der Waals surface area (Å²) < 4.78 is 7.19. The number of nitrogens with one attached hydrogen (secondary N) is 3. The van der Waals surface area contributed by atoms with Crippen molar-refractivity contribution in [3.05, 3.63) is 45.9 Å². The second-order valence-corrected chi connectivity index (χ2v) is 12.1. The standard InChI is InChI=1S/C32H50N10O5/c1-2-3-18-46-31-39-28(34)27-29(40-31)42(32(45)38-27)20-24-9-7-23(8-10-24)19-41-16-12-22(13-17-41)11-15-36-30(44)25(6-4-5-14-33)37-26(43)21-47-35/h7-10,22,25H,2-6,11-21,33,35H2,1H3,(H,36,44)(H,37,43)(H,38,45)(H2,34,39,40). The number of H-pyrrole nitrogens is 1. The van der Waals surface area contributed by atoms with E-state index in [1.807, 2.05) is 12.1 Å². The van der Waals surface area contributed by atoms with Gasteiger partial charge in [0.05, 0.1) is 13.2 Å². The highest BCUT2D eigenvalue weighted by molar-refractivity contribution is 5.88. The van der Waals surface area contributed by atoms with E-state index >= 15 is 0 Å². The number of nitrogen functional groups attached to an aromatic ring is 1. The number of piperidine rings is 1. The summed E-state index contributed by atoms with van der Waals surface area (Å²) in [5.41, 5.74) is 14.4. The molecular weight excluding hydrogens is 604 g/mol. The van der Waals surface area contributed by atoms with Crippen LogP contribution in [0.3, 0.4) is 0 Å². The molecule has 1 atom stereocenters. The van der Waals surface area contributed by atoms with Crippen molar-refractivity contribution in [2.45, 2.75) is 77.4 Å². The third-order valence-corrected chi connectivity index (χ3v) is 8.50. The second-order valence-electron chi connectivity index (χ2n) is 12.1. The number of hydrogen-bond acceptors (Lipinski definition) is 11. The zero-order valence-corrected chi connectivity index (χ0v) is 27.3. The van der Waals surface area contributed by atoms with E-state index < -0.39 is 11.9 Å². The van der Waals surface area contributed by atoms with E-state index in [0.29, 0.717) is 49.7 Å². The number of rotatable bonds is 19. The molecule has 9 N–H and O–H groups in total. The van der Waals surface area contributed by atoms with Crippen molar-refractivity contribution in [3.8, 4) is 6.01 Å². The van der Waals surface area contributed by atoms with Gasteiger partial charge in [0.15, 0.2) is 11.5 Å². The number of nitrogens with two attached hydrogens (primary N) is 3. The SMILES string of the molecule is CCCCOc1nc(N)c2[nH]c(=O)n(Cc3ccc(CN4CCC(CCNC(=O)C(CCCCN)NC(=O)CON)CC4)cc3)c2n1. The van der Waals surface area contributed by atoms with Gasteiger partial charge in [-0.25, -0.2) is 10.7 Å². The molecule has 0 bridgehead atoms. The van der Waals surface area contributed by atoms with Crippen LogP contribution in [0.25, 0.3) is 11.2 Å². The molecule has 0 spiro atoms. The van der Waals surface area contributed by atoms with E-state index in [2.05, 4.69) is 54.4 Å². The number of ether oxygens (including phenoxy) is 1. The van der Waals surface area contributed by atoms with Crippen molar-refractivity contribution in [1.29, 1.82) is 0 Å². The molecule has 258 valence electrons. The first kappa shape index (κ1) is 35.8. The summed E-state index contributed by atoms with van der Waals surface area (Å²) in [6, 6.07) is 7.81. The summed E-state index contributed by atoms with van der Waals surface area (Å²) in [4.78, 5) is 55.7. The lowest BCUT2D eigenvalue weighted by Crippen LogP contribution is -2.48. The maximum absolute atomic E-state index is 12.8. The van der Waals surface area contributed by atoms with Crippen molar-refractivity contribution in [2.75, 3.05) is 45.1 Å². The summed E-state index contributed by atoms with van der Waals surface area (Å²) >= 11 is 0. The van der Waals surface area contributed by atoms with Crippen LogP contribution in [0.1, 0.15) is 69.4 Å². The van der Waals surface area contributed by atoms with Crippen LogP contribution in [0.5, 0.6) is 6.01 Å². The fourth-order valence-corrected chi connectivity index (χ4v) is 5.77. The van der Waals surface area contributed by atoms with Crippen LogP contribution in [-0.4, -0.2) is 81.7 Å². The minimum atomic E-state index is -0.628. The number of likely N-dealkylation sites (tertiary alicyclic amines) is 1. The van der Waals surface area contributed by atoms with Gasteiger partial charge in [-0.3, -0.25) is 23.9 Å². The topological polar surface area (TPSA) is 222 Å². The second kappa shape index (κ2) is 18.3. The van der Waals surface area contributed by atoms with Crippen molar-refractivity contribution < 1.29 is 19.2 Å². The smallest absolute Gasteiger partial charge is 0.328 e. The summed E-state index contributed by atoms with van der Waals surface area (Å²) in [7, 11) is 0. The lowest BCUT2D eigenvalue weighted by Gasteiger charge is -2.32. The number of aromatic nitrogens is 4. The quantitative estimate of drug-likeness (QED) is 0.0795. The fraction of sp³-hybridized carbons (Fsp3) is 0.594. The summed E-state index contributed by atoms with van der Waals surface area (Å²) in [5, 5.41) is 5.69. The summed E-state index contributed by atoms with van der Waals surface area (Å²) in [6.07, 6.45) is 6.89. The Labute approximate surface area is 274 Å². The van der Waals surface area contributed by atoms with Crippen molar-refractivity contribution >= 4 is 28.8 Å². The monoisotopic (exact) mass is 654 g/mol. The minimum Gasteiger partial charge on any atom is -0.463 e. The number of imidazole rings is 1. The van der Waals surface area contributed by atoms with Crippen LogP contribution >= 0.6 is 0 Å². The van der Waals surface area contributed by atoms with Gasteiger partial charge in [-0.1, -0.05) is 37.6 Å². The third-order valence-electron chi connectivity index (χ3n) is 8.50. The fourth-order valence-electron chi connectivity index (χ4n) is 5.77. The lowest BCUT2D eigenvalue weighted by molar-refractivity contribution is -0.131. The van der Waals surface area contributed by atoms with Crippen molar-refractivity contribution in [2.24, 2.45) is 17.5 Å². The molecule has 1 aliphatic rings. The zero-order chi connectivity index (χ0) is 33.6. The third kappa shape index (κ3) is 10.7. The maximum atomic E-state index is 12.8. The number of benzene rings is 1. The van der Waals surface area contributed by atoms with Crippen molar-refractivity contribution in [1.82, 2.24) is 35.1 Å². The Morgan fingerprint density at radius 2 is 1.81 bits per heavy atom. The normalized spacial score (nSPS) is 14.7. The Bertz CT molecular complexity index is 1480. The van der Waals surface area contributed by atoms with E-state index in [1.165, 1.54) is 5.56 Å². The molecule has 3 aromatic rings. The highest BCUT2D eigenvalue weighted by Crippen LogP contribution is 2.22. The molecule has 2 amide bonds. The van der Waals surface area contributed by atoms with Gasteiger partial charge >= 0.3 is 11.7 Å². The molecule has 0 radical (unpaired) electrons. The van der Waals surface area contributed by atoms with Crippen LogP contribution in [0, 0.1) is 5.92 Å². The number of nitrogens with zero attached hydrogens (tertiary/aromatic N) is 4. The molecule has 3 heterocycles. The molecular formula is C32H50N10O5.